The Morgan fingerprint density at radius 1 is 1.12 bits per heavy atom. The smallest absolute Gasteiger partial charge is 0.241 e. The van der Waals surface area contributed by atoms with E-state index in [1.54, 1.807) is 16.8 Å². The molecule has 132 valence electrons. The Labute approximate surface area is 154 Å². The van der Waals surface area contributed by atoms with Crippen LogP contribution in [0, 0.1) is 0 Å². The number of halogens is 1. The molecule has 1 aromatic carbocycles. The molecule has 1 aromatic heterocycles. The molecule has 7 heteroatoms. The Hall–Kier alpha value is -0.920. The van der Waals surface area contributed by atoms with Gasteiger partial charge in [0, 0.05) is 25.0 Å². The number of thiophene rings is 1. The highest BCUT2D eigenvalue weighted by Crippen LogP contribution is 2.18. The SMILES string of the molecule is Cl.O=S(=O)(NCCCCN1CCc2ccccc2C1)c1ccsc1. The summed E-state index contributed by atoms with van der Waals surface area (Å²) in [6.45, 7) is 3.63. The summed E-state index contributed by atoms with van der Waals surface area (Å²) in [5.41, 5.74) is 2.89. The average molecular weight is 387 g/mol. The van der Waals surface area contributed by atoms with E-state index in [0.717, 1.165) is 38.9 Å². The van der Waals surface area contributed by atoms with Crippen LogP contribution in [0.15, 0.2) is 46.0 Å². The summed E-state index contributed by atoms with van der Waals surface area (Å²) in [6.07, 6.45) is 2.98. The molecule has 0 spiro atoms. The van der Waals surface area contributed by atoms with Gasteiger partial charge in [-0.15, -0.1) is 12.4 Å². The van der Waals surface area contributed by atoms with Gasteiger partial charge in [0.05, 0.1) is 4.90 Å². The van der Waals surface area contributed by atoms with Crippen LogP contribution in [0.25, 0.3) is 0 Å². The predicted octanol–water partition coefficient (Wildman–Crippen LogP) is 3.29. The zero-order valence-electron chi connectivity index (χ0n) is 13.5. The van der Waals surface area contributed by atoms with Crippen molar-refractivity contribution in [3.8, 4) is 0 Å². The lowest BCUT2D eigenvalue weighted by molar-refractivity contribution is 0.249. The number of nitrogens with zero attached hydrogens (tertiary/aromatic N) is 1. The van der Waals surface area contributed by atoms with Crippen LogP contribution in [-0.2, 0) is 23.0 Å². The number of sulfonamides is 1. The van der Waals surface area contributed by atoms with Crippen LogP contribution >= 0.6 is 23.7 Å². The van der Waals surface area contributed by atoms with Gasteiger partial charge in [-0.1, -0.05) is 24.3 Å². The van der Waals surface area contributed by atoms with Crippen molar-refractivity contribution in [2.75, 3.05) is 19.6 Å². The van der Waals surface area contributed by atoms with E-state index in [9.17, 15) is 8.42 Å². The number of rotatable bonds is 7. The maximum Gasteiger partial charge on any atom is 0.241 e. The van der Waals surface area contributed by atoms with E-state index in [2.05, 4.69) is 33.9 Å². The molecule has 2 aromatic rings. The Bertz CT molecular complexity index is 733. The minimum absolute atomic E-state index is 0. The minimum atomic E-state index is -3.32. The van der Waals surface area contributed by atoms with Crippen LogP contribution < -0.4 is 4.72 Å². The number of hydrogen-bond donors (Lipinski definition) is 1. The van der Waals surface area contributed by atoms with Crippen LogP contribution in [-0.4, -0.2) is 33.0 Å². The second-order valence-electron chi connectivity index (χ2n) is 5.86. The molecule has 0 saturated carbocycles. The molecule has 0 bridgehead atoms. The molecule has 0 radical (unpaired) electrons. The molecule has 1 N–H and O–H groups in total. The molecule has 1 aliphatic heterocycles. The fourth-order valence-corrected chi connectivity index (χ4v) is 5.00. The molecule has 3 rings (SSSR count). The molecule has 0 saturated heterocycles. The Morgan fingerprint density at radius 2 is 1.92 bits per heavy atom. The number of benzene rings is 1. The standard InChI is InChI=1S/C17H22N2O2S2.ClH/c20-23(21,17-8-12-22-14-17)18-9-3-4-10-19-11-7-15-5-1-2-6-16(15)13-19;/h1-2,5-6,8,12,14,18H,3-4,7,9-11,13H2;1H. The molecule has 0 fully saturated rings. The van der Waals surface area contributed by atoms with Gasteiger partial charge in [-0.2, -0.15) is 11.3 Å². The zero-order valence-corrected chi connectivity index (χ0v) is 15.9. The molecular formula is C17H23ClN2O2S2. The first kappa shape index (κ1) is 19.4. The Kier molecular flexibility index (Phi) is 7.25. The maximum absolute atomic E-state index is 12.0. The fourth-order valence-electron chi connectivity index (χ4n) is 2.90. The van der Waals surface area contributed by atoms with E-state index < -0.39 is 10.0 Å². The zero-order chi connectivity index (χ0) is 16.1. The highest BCUT2D eigenvalue weighted by Gasteiger charge is 2.16. The van der Waals surface area contributed by atoms with Gasteiger partial charge in [0.25, 0.3) is 0 Å². The third kappa shape index (κ3) is 5.04. The molecule has 24 heavy (non-hydrogen) atoms. The van der Waals surface area contributed by atoms with E-state index in [1.165, 1.54) is 22.5 Å². The molecule has 2 heterocycles. The second-order valence-corrected chi connectivity index (χ2v) is 8.41. The first-order valence-corrected chi connectivity index (χ1v) is 10.4. The summed E-state index contributed by atoms with van der Waals surface area (Å²) in [4.78, 5) is 2.82. The lowest BCUT2D eigenvalue weighted by Gasteiger charge is -2.28. The van der Waals surface area contributed by atoms with Crippen LogP contribution in [0.3, 0.4) is 0 Å². The third-order valence-corrected chi connectivity index (χ3v) is 6.50. The quantitative estimate of drug-likeness (QED) is 0.743. The number of nitrogens with one attached hydrogen (secondary N) is 1. The molecule has 4 nitrogen and oxygen atoms in total. The van der Waals surface area contributed by atoms with E-state index >= 15 is 0 Å². The van der Waals surface area contributed by atoms with Crippen molar-refractivity contribution in [3.63, 3.8) is 0 Å². The highest BCUT2D eigenvalue weighted by molar-refractivity contribution is 7.89. The van der Waals surface area contributed by atoms with Crippen molar-refractivity contribution >= 4 is 33.8 Å². The van der Waals surface area contributed by atoms with Crippen LogP contribution in [0.2, 0.25) is 0 Å². The van der Waals surface area contributed by atoms with Crippen molar-refractivity contribution in [2.45, 2.75) is 30.7 Å². The van der Waals surface area contributed by atoms with Gasteiger partial charge in [0.1, 0.15) is 0 Å². The van der Waals surface area contributed by atoms with Gasteiger partial charge in [-0.25, -0.2) is 13.1 Å². The molecule has 1 aliphatic rings. The van der Waals surface area contributed by atoms with E-state index in [-0.39, 0.29) is 12.4 Å². The predicted molar refractivity (Wildman–Crippen MR) is 101 cm³/mol. The summed E-state index contributed by atoms with van der Waals surface area (Å²) < 4.78 is 26.6. The minimum Gasteiger partial charge on any atom is -0.299 e. The monoisotopic (exact) mass is 386 g/mol. The Morgan fingerprint density at radius 3 is 2.67 bits per heavy atom. The lowest BCUT2D eigenvalue weighted by atomic mass is 10.00. The van der Waals surface area contributed by atoms with Gasteiger partial charge in [0.2, 0.25) is 10.0 Å². The topological polar surface area (TPSA) is 49.4 Å². The number of hydrogen-bond acceptors (Lipinski definition) is 4. The first-order chi connectivity index (χ1) is 11.1. The van der Waals surface area contributed by atoms with Crippen LogP contribution in [0.1, 0.15) is 24.0 Å². The number of fused-ring (bicyclic) bond motifs is 1. The lowest BCUT2D eigenvalue weighted by Crippen LogP contribution is -2.32. The summed E-state index contributed by atoms with van der Waals surface area (Å²) in [5.74, 6) is 0. The number of unbranched alkanes of at least 4 members (excludes halogenated alkanes) is 1. The average Bonchev–Trinajstić information content (AvgIpc) is 3.10. The maximum atomic E-state index is 12.0. The molecule has 0 unspecified atom stereocenters. The summed E-state index contributed by atoms with van der Waals surface area (Å²) in [7, 11) is -3.32. The highest BCUT2D eigenvalue weighted by atomic mass is 35.5. The Balaban J connectivity index is 0.00000208. The summed E-state index contributed by atoms with van der Waals surface area (Å²) in [6, 6.07) is 10.3. The normalized spacial score (nSPS) is 14.8. The van der Waals surface area contributed by atoms with Gasteiger partial charge >= 0.3 is 0 Å². The van der Waals surface area contributed by atoms with Crippen LogP contribution in [0.4, 0.5) is 0 Å². The molecule has 0 amide bonds. The van der Waals surface area contributed by atoms with Gasteiger partial charge in [-0.3, -0.25) is 4.90 Å². The van der Waals surface area contributed by atoms with Gasteiger partial charge in [-0.05, 0) is 48.4 Å². The van der Waals surface area contributed by atoms with Gasteiger partial charge < -0.3 is 0 Å². The second kappa shape index (κ2) is 8.97. The van der Waals surface area contributed by atoms with Crippen molar-refractivity contribution in [2.24, 2.45) is 0 Å². The molecule has 0 atom stereocenters. The largest absolute Gasteiger partial charge is 0.299 e. The van der Waals surface area contributed by atoms with Crippen molar-refractivity contribution in [1.29, 1.82) is 0 Å². The van der Waals surface area contributed by atoms with Crippen molar-refractivity contribution in [3.05, 3.63) is 52.2 Å². The van der Waals surface area contributed by atoms with Crippen LogP contribution in [0.5, 0.6) is 0 Å². The summed E-state index contributed by atoms with van der Waals surface area (Å²) >= 11 is 1.40. The van der Waals surface area contributed by atoms with Crippen molar-refractivity contribution < 1.29 is 8.42 Å². The van der Waals surface area contributed by atoms with E-state index in [1.807, 2.05) is 0 Å². The van der Waals surface area contributed by atoms with Gasteiger partial charge in [0.15, 0.2) is 0 Å². The summed E-state index contributed by atoms with van der Waals surface area (Å²) in [5, 5.41) is 3.44. The molecular weight excluding hydrogens is 364 g/mol. The third-order valence-electron chi connectivity index (χ3n) is 4.21. The van der Waals surface area contributed by atoms with E-state index in [4.69, 9.17) is 0 Å². The van der Waals surface area contributed by atoms with E-state index in [0.29, 0.717) is 11.4 Å². The first-order valence-electron chi connectivity index (χ1n) is 7.96. The van der Waals surface area contributed by atoms with Crippen molar-refractivity contribution in [1.82, 2.24) is 9.62 Å². The fraction of sp³-hybridized carbons (Fsp3) is 0.412. The molecule has 0 aliphatic carbocycles.